The van der Waals surface area contributed by atoms with Crippen LogP contribution < -0.4 is 10.1 Å². The average molecular weight is 368 g/mol. The van der Waals surface area contributed by atoms with Crippen molar-refractivity contribution in [3.05, 3.63) is 27.7 Å². The number of benzene rings is 1. The Morgan fingerprint density at radius 2 is 2.19 bits per heavy atom. The van der Waals surface area contributed by atoms with Gasteiger partial charge in [0.1, 0.15) is 12.4 Å². The molecule has 1 aromatic carbocycles. The highest BCUT2D eigenvalue weighted by atomic mass is 79.9. The number of ether oxygens (including phenoxy) is 2. The fourth-order valence-corrected chi connectivity index (χ4v) is 2.88. The molecule has 21 heavy (non-hydrogen) atoms. The molecule has 1 aliphatic rings. The largest absolute Gasteiger partial charge is 0.493 e. The van der Waals surface area contributed by atoms with Crippen molar-refractivity contribution >= 4 is 15.9 Å². The Morgan fingerprint density at radius 3 is 2.86 bits per heavy atom. The highest BCUT2D eigenvalue weighted by Gasteiger charge is 2.29. The summed E-state index contributed by atoms with van der Waals surface area (Å²) in [7, 11) is 0. The third kappa shape index (κ3) is 4.59. The minimum Gasteiger partial charge on any atom is -0.493 e. The molecule has 0 saturated carbocycles. The van der Waals surface area contributed by atoms with Crippen LogP contribution >= 0.6 is 15.9 Å². The van der Waals surface area contributed by atoms with Crippen molar-refractivity contribution in [2.45, 2.75) is 25.6 Å². The molecule has 1 atom stereocenters. The fourth-order valence-electron chi connectivity index (χ4n) is 2.35. The van der Waals surface area contributed by atoms with Gasteiger partial charge in [-0.05, 0) is 24.2 Å². The number of hydrogen-bond acceptors (Lipinski definition) is 3. The molecule has 1 aliphatic heterocycles. The van der Waals surface area contributed by atoms with Crippen LogP contribution in [-0.2, 0) is 11.2 Å². The molecule has 1 unspecified atom stereocenters. The van der Waals surface area contributed by atoms with Crippen LogP contribution in [0.2, 0.25) is 0 Å². The molecule has 0 spiro atoms. The molecule has 118 valence electrons. The van der Waals surface area contributed by atoms with Gasteiger partial charge >= 0.3 is 6.18 Å². The average Bonchev–Trinajstić information content (AvgIpc) is 2.83. The van der Waals surface area contributed by atoms with E-state index in [2.05, 4.69) is 21.2 Å². The van der Waals surface area contributed by atoms with E-state index in [9.17, 15) is 13.2 Å². The third-order valence-electron chi connectivity index (χ3n) is 3.15. The summed E-state index contributed by atoms with van der Waals surface area (Å²) in [4.78, 5) is 0. The van der Waals surface area contributed by atoms with Gasteiger partial charge in [-0.15, -0.1) is 0 Å². The van der Waals surface area contributed by atoms with E-state index in [1.165, 1.54) is 0 Å². The van der Waals surface area contributed by atoms with E-state index in [1.54, 1.807) is 0 Å². The van der Waals surface area contributed by atoms with Gasteiger partial charge in [0.25, 0.3) is 0 Å². The van der Waals surface area contributed by atoms with Gasteiger partial charge in [-0.1, -0.05) is 22.9 Å². The third-order valence-corrected chi connectivity index (χ3v) is 3.61. The minimum absolute atomic E-state index is 0.0559. The number of hydrogen-bond donors (Lipinski definition) is 1. The van der Waals surface area contributed by atoms with E-state index in [-0.39, 0.29) is 12.6 Å². The van der Waals surface area contributed by atoms with E-state index in [0.717, 1.165) is 27.8 Å². The van der Waals surface area contributed by atoms with Gasteiger partial charge in [0, 0.05) is 16.5 Å². The Bertz CT molecular complexity index is 494. The maximum Gasteiger partial charge on any atom is 0.411 e. The van der Waals surface area contributed by atoms with Crippen LogP contribution in [0.25, 0.3) is 0 Å². The Kier molecular flexibility index (Phi) is 5.51. The molecule has 0 aliphatic carbocycles. The summed E-state index contributed by atoms with van der Waals surface area (Å²) in [6.07, 6.45) is -3.50. The first kappa shape index (κ1) is 16.6. The molecule has 7 heteroatoms. The Morgan fingerprint density at radius 1 is 1.43 bits per heavy atom. The van der Waals surface area contributed by atoms with Crippen molar-refractivity contribution in [3.8, 4) is 5.75 Å². The fraction of sp³-hybridized carbons (Fsp3) is 0.571. The molecular formula is C14H17BrF3NO2. The number of nitrogens with one attached hydrogen (secondary N) is 1. The lowest BCUT2D eigenvalue weighted by Gasteiger charge is -2.21. The van der Waals surface area contributed by atoms with Crippen LogP contribution in [0.3, 0.4) is 0 Å². The normalized spacial score (nSPS) is 15.7. The second-order valence-corrected chi connectivity index (χ2v) is 5.74. The Labute approximate surface area is 129 Å². The second kappa shape index (κ2) is 6.98. The Balaban J connectivity index is 2.14. The summed E-state index contributed by atoms with van der Waals surface area (Å²) in [6, 6.07) is 3.52. The van der Waals surface area contributed by atoms with Gasteiger partial charge in [0.15, 0.2) is 0 Å². The van der Waals surface area contributed by atoms with Crippen molar-refractivity contribution in [1.82, 2.24) is 5.32 Å². The molecule has 2 rings (SSSR count). The van der Waals surface area contributed by atoms with Crippen molar-refractivity contribution in [2.75, 3.05) is 26.4 Å². The smallest absolute Gasteiger partial charge is 0.411 e. The summed E-state index contributed by atoms with van der Waals surface area (Å²) in [6.45, 7) is 1.82. The molecule has 0 fully saturated rings. The predicted molar refractivity (Wildman–Crippen MR) is 76.6 cm³/mol. The lowest BCUT2D eigenvalue weighted by atomic mass is 10.0. The second-order valence-electron chi connectivity index (χ2n) is 4.82. The minimum atomic E-state index is -4.31. The van der Waals surface area contributed by atoms with E-state index in [0.29, 0.717) is 13.2 Å². The lowest BCUT2D eigenvalue weighted by Crippen LogP contribution is -2.28. The number of halogens is 4. The quantitative estimate of drug-likeness (QED) is 0.832. The van der Waals surface area contributed by atoms with Gasteiger partial charge in [-0.25, -0.2) is 0 Å². The zero-order chi connectivity index (χ0) is 15.5. The monoisotopic (exact) mass is 367 g/mol. The molecule has 0 aromatic heterocycles. The van der Waals surface area contributed by atoms with Crippen LogP contribution in [0.1, 0.15) is 24.1 Å². The molecule has 1 N–H and O–H groups in total. The number of alkyl halides is 3. The van der Waals surface area contributed by atoms with E-state index < -0.39 is 12.8 Å². The molecule has 0 saturated heterocycles. The first-order valence-electron chi connectivity index (χ1n) is 6.73. The molecule has 0 bridgehead atoms. The van der Waals surface area contributed by atoms with Crippen LogP contribution in [0.4, 0.5) is 13.2 Å². The van der Waals surface area contributed by atoms with E-state index in [1.807, 2.05) is 19.1 Å². The Hall–Kier alpha value is -0.790. The number of fused-ring (bicyclic) bond motifs is 1. The zero-order valence-electron chi connectivity index (χ0n) is 11.6. The van der Waals surface area contributed by atoms with Crippen molar-refractivity contribution in [1.29, 1.82) is 0 Å². The van der Waals surface area contributed by atoms with Gasteiger partial charge in [0.05, 0.1) is 19.3 Å². The van der Waals surface area contributed by atoms with Crippen LogP contribution in [0.15, 0.2) is 16.6 Å². The van der Waals surface area contributed by atoms with Gasteiger partial charge < -0.3 is 14.8 Å². The maximum atomic E-state index is 12.2. The molecule has 0 radical (unpaired) electrons. The van der Waals surface area contributed by atoms with E-state index >= 15 is 0 Å². The summed E-state index contributed by atoms with van der Waals surface area (Å²) in [5, 5.41) is 3.15. The molecular weight excluding hydrogens is 351 g/mol. The van der Waals surface area contributed by atoms with Gasteiger partial charge in [0.2, 0.25) is 0 Å². The van der Waals surface area contributed by atoms with E-state index in [4.69, 9.17) is 9.47 Å². The topological polar surface area (TPSA) is 30.5 Å². The predicted octanol–water partition coefficient (Wildman–Crippen LogP) is 3.61. The summed E-state index contributed by atoms with van der Waals surface area (Å²) < 4.78 is 47.9. The van der Waals surface area contributed by atoms with Crippen LogP contribution in [0.5, 0.6) is 5.75 Å². The molecule has 1 heterocycles. The highest BCUT2D eigenvalue weighted by molar-refractivity contribution is 9.10. The first-order chi connectivity index (χ1) is 9.90. The highest BCUT2D eigenvalue weighted by Crippen LogP contribution is 2.36. The first-order valence-corrected chi connectivity index (χ1v) is 7.53. The molecule has 1 aromatic rings. The van der Waals surface area contributed by atoms with Crippen molar-refractivity contribution in [2.24, 2.45) is 0 Å². The number of rotatable bonds is 6. The maximum absolute atomic E-state index is 12.2. The van der Waals surface area contributed by atoms with Crippen LogP contribution in [-0.4, -0.2) is 32.5 Å². The van der Waals surface area contributed by atoms with Crippen molar-refractivity contribution < 1.29 is 22.6 Å². The lowest BCUT2D eigenvalue weighted by molar-refractivity contribution is -0.175. The van der Waals surface area contributed by atoms with Crippen LogP contribution in [0, 0.1) is 0 Å². The SMILES string of the molecule is CCNC(COCC(F)(F)F)c1cc(Br)cc2c1OCC2. The summed E-state index contributed by atoms with van der Waals surface area (Å²) >= 11 is 3.43. The summed E-state index contributed by atoms with van der Waals surface area (Å²) in [5.41, 5.74) is 1.90. The van der Waals surface area contributed by atoms with Gasteiger partial charge in [-0.2, -0.15) is 13.2 Å². The standard InChI is InChI=1S/C14H17BrF3NO2/c1-2-19-12(7-20-8-14(16,17)18)11-6-10(15)5-9-3-4-21-13(9)11/h5-6,12,19H,2-4,7-8H2,1H3. The van der Waals surface area contributed by atoms with Gasteiger partial charge in [-0.3, -0.25) is 0 Å². The van der Waals surface area contributed by atoms with Crippen molar-refractivity contribution in [3.63, 3.8) is 0 Å². The summed E-state index contributed by atoms with van der Waals surface area (Å²) in [5.74, 6) is 0.764. The molecule has 0 amide bonds. The zero-order valence-corrected chi connectivity index (χ0v) is 13.2. The number of likely N-dealkylation sites (N-methyl/N-ethyl adjacent to an activating group) is 1. The molecule has 3 nitrogen and oxygen atoms in total.